The van der Waals surface area contributed by atoms with Gasteiger partial charge in [-0.3, -0.25) is 0 Å². The maximum atomic E-state index is 5.01. The third-order valence-corrected chi connectivity index (χ3v) is 2.12. The van der Waals surface area contributed by atoms with Crippen LogP contribution >= 0.6 is 0 Å². The van der Waals surface area contributed by atoms with Gasteiger partial charge in [0.25, 0.3) is 0 Å². The molecule has 0 saturated carbocycles. The molecule has 1 radical (unpaired) electrons. The van der Waals surface area contributed by atoms with Crippen LogP contribution in [0.2, 0.25) is 0 Å². The fraction of sp³-hybridized carbons (Fsp3) is 1.00. The number of piperidine rings is 1. The van der Waals surface area contributed by atoms with Crippen LogP contribution in [0.15, 0.2) is 0 Å². The number of ether oxygens (including phenoxy) is 1. The summed E-state index contributed by atoms with van der Waals surface area (Å²) in [6.45, 7) is 3.08. The van der Waals surface area contributed by atoms with Crippen LogP contribution in [0.3, 0.4) is 0 Å². The second-order valence-corrected chi connectivity index (χ2v) is 2.90. The van der Waals surface area contributed by atoms with E-state index >= 15 is 0 Å². The van der Waals surface area contributed by atoms with E-state index in [9.17, 15) is 0 Å². The van der Waals surface area contributed by atoms with Crippen molar-refractivity contribution >= 4 is 0 Å². The number of rotatable bonds is 3. The fourth-order valence-electron chi connectivity index (χ4n) is 1.38. The summed E-state index contributed by atoms with van der Waals surface area (Å²) in [4.78, 5) is 0. The molecule has 0 aliphatic carbocycles. The van der Waals surface area contributed by atoms with Crippen LogP contribution in [0.5, 0.6) is 0 Å². The van der Waals surface area contributed by atoms with E-state index in [4.69, 9.17) is 4.74 Å². The summed E-state index contributed by atoms with van der Waals surface area (Å²) < 4.78 is 5.01. The van der Waals surface area contributed by atoms with Gasteiger partial charge in [-0.1, -0.05) is 0 Å². The first-order valence-electron chi connectivity index (χ1n) is 4.05. The van der Waals surface area contributed by atoms with Crippen molar-refractivity contribution < 1.29 is 4.74 Å². The third kappa shape index (κ3) is 2.67. The molecule has 10 heavy (non-hydrogen) atoms. The number of hydrogen-bond acceptors (Lipinski definition) is 1. The number of hydrogen-bond donors (Lipinski definition) is 0. The Kier molecular flexibility index (Phi) is 3.76. The lowest BCUT2D eigenvalue weighted by molar-refractivity contribution is 0.167. The van der Waals surface area contributed by atoms with Gasteiger partial charge in [0.1, 0.15) is 0 Å². The zero-order valence-electron chi connectivity index (χ0n) is 6.68. The van der Waals surface area contributed by atoms with E-state index in [2.05, 4.69) is 5.32 Å². The minimum Gasteiger partial charge on any atom is -0.385 e. The van der Waals surface area contributed by atoms with Crippen LogP contribution in [0, 0.1) is 5.92 Å². The molecule has 0 unspecified atom stereocenters. The van der Waals surface area contributed by atoms with Crippen molar-refractivity contribution in [1.82, 2.24) is 5.32 Å². The molecule has 2 nitrogen and oxygen atoms in total. The highest BCUT2D eigenvalue weighted by Gasteiger charge is 2.12. The molecular formula is C8H16NO. The molecule has 1 rings (SSSR count). The lowest BCUT2D eigenvalue weighted by atomic mass is 9.95. The summed E-state index contributed by atoms with van der Waals surface area (Å²) in [7, 11) is 1.77. The Labute approximate surface area is 63.0 Å². The Hall–Kier alpha value is -0.0800. The lowest BCUT2D eigenvalue weighted by Gasteiger charge is -2.20. The Morgan fingerprint density at radius 3 is 2.70 bits per heavy atom. The molecule has 0 aromatic rings. The van der Waals surface area contributed by atoms with Gasteiger partial charge in [0.05, 0.1) is 0 Å². The molecule has 1 aliphatic rings. The summed E-state index contributed by atoms with van der Waals surface area (Å²) in [5.41, 5.74) is 0. The molecule has 0 spiro atoms. The maximum absolute atomic E-state index is 5.01. The van der Waals surface area contributed by atoms with Gasteiger partial charge in [0.15, 0.2) is 0 Å². The van der Waals surface area contributed by atoms with Gasteiger partial charge in [0, 0.05) is 26.8 Å². The second-order valence-electron chi connectivity index (χ2n) is 2.90. The van der Waals surface area contributed by atoms with Crippen LogP contribution in [-0.2, 0) is 4.74 Å². The first kappa shape index (κ1) is 8.02. The third-order valence-electron chi connectivity index (χ3n) is 2.12. The molecule has 0 N–H and O–H groups in total. The van der Waals surface area contributed by atoms with Crippen LogP contribution < -0.4 is 5.32 Å². The zero-order chi connectivity index (χ0) is 7.23. The minimum atomic E-state index is 0.887. The molecule has 2 heteroatoms. The highest BCUT2D eigenvalue weighted by molar-refractivity contribution is 4.67. The molecule has 1 fully saturated rings. The van der Waals surface area contributed by atoms with Crippen LogP contribution in [0.25, 0.3) is 0 Å². The number of nitrogens with zero attached hydrogens (tertiary/aromatic N) is 1. The smallest absolute Gasteiger partial charge is 0.0464 e. The zero-order valence-corrected chi connectivity index (χ0v) is 6.68. The van der Waals surface area contributed by atoms with E-state index < -0.39 is 0 Å². The molecule has 0 aromatic heterocycles. The Bertz CT molecular complexity index is 79.3. The van der Waals surface area contributed by atoms with Crippen LogP contribution in [-0.4, -0.2) is 26.8 Å². The fourth-order valence-corrected chi connectivity index (χ4v) is 1.38. The molecule has 0 atom stereocenters. The molecule has 0 amide bonds. The largest absolute Gasteiger partial charge is 0.385 e. The van der Waals surface area contributed by atoms with Gasteiger partial charge in [-0.15, -0.1) is 0 Å². The van der Waals surface area contributed by atoms with Crippen LogP contribution in [0.1, 0.15) is 19.3 Å². The Morgan fingerprint density at radius 2 is 2.10 bits per heavy atom. The predicted molar refractivity (Wildman–Crippen MR) is 41.1 cm³/mol. The molecule has 0 aromatic carbocycles. The summed E-state index contributed by atoms with van der Waals surface area (Å²) >= 11 is 0. The molecule has 59 valence electrons. The Morgan fingerprint density at radius 1 is 1.40 bits per heavy atom. The molecule has 1 heterocycles. The van der Waals surface area contributed by atoms with E-state index in [0.29, 0.717) is 0 Å². The SMILES string of the molecule is COCCC1CC[N]CC1. The summed E-state index contributed by atoms with van der Waals surface area (Å²) in [6, 6.07) is 0. The molecule has 1 saturated heterocycles. The van der Waals surface area contributed by atoms with Gasteiger partial charge in [-0.25, -0.2) is 5.32 Å². The number of methoxy groups -OCH3 is 1. The van der Waals surface area contributed by atoms with Crippen molar-refractivity contribution in [2.24, 2.45) is 5.92 Å². The summed E-state index contributed by atoms with van der Waals surface area (Å²) in [5.74, 6) is 0.887. The second kappa shape index (κ2) is 4.69. The van der Waals surface area contributed by atoms with E-state index in [1.54, 1.807) is 7.11 Å². The van der Waals surface area contributed by atoms with Crippen molar-refractivity contribution in [3.8, 4) is 0 Å². The van der Waals surface area contributed by atoms with E-state index in [1.165, 1.54) is 19.3 Å². The first-order valence-corrected chi connectivity index (χ1v) is 4.05. The van der Waals surface area contributed by atoms with Gasteiger partial charge < -0.3 is 4.74 Å². The van der Waals surface area contributed by atoms with E-state index in [-0.39, 0.29) is 0 Å². The van der Waals surface area contributed by atoms with Gasteiger partial charge in [-0.05, 0) is 25.2 Å². The van der Waals surface area contributed by atoms with E-state index in [0.717, 1.165) is 25.6 Å². The predicted octanol–water partition coefficient (Wildman–Crippen LogP) is 1.04. The summed E-state index contributed by atoms with van der Waals surface area (Å²) in [5, 5.41) is 4.29. The Balaban J connectivity index is 2.02. The van der Waals surface area contributed by atoms with Crippen LogP contribution in [0.4, 0.5) is 0 Å². The average Bonchev–Trinajstić information content (AvgIpc) is 2.03. The highest BCUT2D eigenvalue weighted by Crippen LogP contribution is 2.15. The molecule has 0 bridgehead atoms. The quantitative estimate of drug-likeness (QED) is 0.577. The minimum absolute atomic E-state index is 0.887. The van der Waals surface area contributed by atoms with Gasteiger partial charge in [-0.2, -0.15) is 0 Å². The van der Waals surface area contributed by atoms with Gasteiger partial charge >= 0.3 is 0 Å². The maximum Gasteiger partial charge on any atom is 0.0464 e. The monoisotopic (exact) mass is 142 g/mol. The van der Waals surface area contributed by atoms with Crippen molar-refractivity contribution in [3.63, 3.8) is 0 Å². The average molecular weight is 142 g/mol. The normalized spacial score (nSPS) is 21.3. The van der Waals surface area contributed by atoms with Crippen molar-refractivity contribution in [2.45, 2.75) is 19.3 Å². The highest BCUT2D eigenvalue weighted by atomic mass is 16.5. The lowest BCUT2D eigenvalue weighted by Crippen LogP contribution is -2.23. The van der Waals surface area contributed by atoms with Crippen molar-refractivity contribution in [3.05, 3.63) is 0 Å². The first-order chi connectivity index (χ1) is 4.93. The topological polar surface area (TPSA) is 23.3 Å². The molecule has 1 aliphatic heterocycles. The molecular weight excluding hydrogens is 126 g/mol. The summed E-state index contributed by atoms with van der Waals surface area (Å²) in [6.07, 6.45) is 3.79. The standard InChI is InChI=1S/C8H16NO/c1-10-7-4-8-2-5-9-6-3-8/h8H,2-7H2,1H3. The van der Waals surface area contributed by atoms with Crippen molar-refractivity contribution in [2.75, 3.05) is 26.8 Å². The van der Waals surface area contributed by atoms with Crippen molar-refractivity contribution in [1.29, 1.82) is 0 Å². The van der Waals surface area contributed by atoms with E-state index in [1.807, 2.05) is 0 Å². The van der Waals surface area contributed by atoms with Gasteiger partial charge in [0.2, 0.25) is 0 Å².